The molecule has 0 unspecified atom stereocenters. The zero-order chi connectivity index (χ0) is 16.1. The third kappa shape index (κ3) is 4.97. The van der Waals surface area contributed by atoms with Gasteiger partial charge in [0, 0.05) is 32.6 Å². The topological polar surface area (TPSA) is 52.7 Å². The lowest BCUT2D eigenvalue weighted by molar-refractivity contribution is -0.134. The molecule has 1 atom stereocenters. The summed E-state index contributed by atoms with van der Waals surface area (Å²) < 4.78 is 0. The lowest BCUT2D eigenvalue weighted by Crippen LogP contribution is -2.51. The summed E-state index contributed by atoms with van der Waals surface area (Å²) in [5.41, 5.74) is 0. The van der Waals surface area contributed by atoms with E-state index in [1.54, 1.807) is 6.92 Å². The molecule has 1 saturated carbocycles. The van der Waals surface area contributed by atoms with Crippen LogP contribution in [0.1, 0.15) is 52.4 Å². The molecule has 5 nitrogen and oxygen atoms in total. The fourth-order valence-electron chi connectivity index (χ4n) is 3.74. The van der Waals surface area contributed by atoms with E-state index in [1.807, 2.05) is 11.9 Å². The Labute approximate surface area is 134 Å². The monoisotopic (exact) mass is 309 g/mol. The first-order chi connectivity index (χ1) is 10.5. The van der Waals surface area contributed by atoms with E-state index < -0.39 is 0 Å². The average molecular weight is 309 g/mol. The van der Waals surface area contributed by atoms with Crippen LogP contribution in [0.25, 0.3) is 0 Å². The molecule has 0 spiro atoms. The Morgan fingerprint density at radius 3 is 2.50 bits per heavy atom. The van der Waals surface area contributed by atoms with Gasteiger partial charge in [0.15, 0.2) is 0 Å². The molecule has 22 heavy (non-hydrogen) atoms. The van der Waals surface area contributed by atoms with E-state index in [-0.39, 0.29) is 17.9 Å². The van der Waals surface area contributed by atoms with Gasteiger partial charge in [-0.1, -0.05) is 6.92 Å². The summed E-state index contributed by atoms with van der Waals surface area (Å²) in [5.74, 6) is 1.05. The fraction of sp³-hybridized carbons (Fsp3) is 0.882. The largest absolute Gasteiger partial charge is 0.352 e. The van der Waals surface area contributed by atoms with Gasteiger partial charge >= 0.3 is 0 Å². The van der Waals surface area contributed by atoms with Crippen LogP contribution < -0.4 is 5.32 Å². The molecule has 5 heteroatoms. The third-order valence-electron chi connectivity index (χ3n) is 5.20. The summed E-state index contributed by atoms with van der Waals surface area (Å²) in [4.78, 5) is 27.9. The van der Waals surface area contributed by atoms with E-state index in [2.05, 4.69) is 17.1 Å². The maximum atomic E-state index is 12.5. The molecule has 2 amide bonds. The van der Waals surface area contributed by atoms with Gasteiger partial charge in [0.25, 0.3) is 0 Å². The number of nitrogens with zero attached hydrogens (tertiary/aromatic N) is 2. The average Bonchev–Trinajstić information content (AvgIpc) is 2.47. The van der Waals surface area contributed by atoms with Gasteiger partial charge in [-0.15, -0.1) is 0 Å². The molecule has 2 rings (SSSR count). The molecular formula is C17H31N3O2. The number of hydrogen-bond acceptors (Lipinski definition) is 3. The van der Waals surface area contributed by atoms with Crippen molar-refractivity contribution in [2.24, 2.45) is 5.92 Å². The number of nitrogens with one attached hydrogen (secondary N) is 1. The van der Waals surface area contributed by atoms with Crippen LogP contribution in [0, 0.1) is 5.92 Å². The number of likely N-dealkylation sites (tertiary alicyclic amines) is 1. The van der Waals surface area contributed by atoms with E-state index in [4.69, 9.17) is 0 Å². The predicted molar refractivity (Wildman–Crippen MR) is 87.5 cm³/mol. The zero-order valence-corrected chi connectivity index (χ0v) is 14.3. The highest BCUT2D eigenvalue weighted by Gasteiger charge is 2.27. The van der Waals surface area contributed by atoms with E-state index in [1.165, 1.54) is 12.8 Å². The number of hydrogen-bond donors (Lipinski definition) is 1. The highest BCUT2D eigenvalue weighted by Crippen LogP contribution is 2.26. The van der Waals surface area contributed by atoms with Crippen molar-refractivity contribution < 1.29 is 9.59 Å². The summed E-state index contributed by atoms with van der Waals surface area (Å²) in [6, 6.07) is 0.611. The normalized spacial score (nSPS) is 29.9. The zero-order valence-electron chi connectivity index (χ0n) is 14.3. The summed E-state index contributed by atoms with van der Waals surface area (Å²) >= 11 is 0. The Morgan fingerprint density at radius 1 is 1.18 bits per heavy atom. The minimum Gasteiger partial charge on any atom is -0.352 e. The van der Waals surface area contributed by atoms with Crippen LogP contribution >= 0.6 is 0 Å². The van der Waals surface area contributed by atoms with Crippen molar-refractivity contribution in [3.63, 3.8) is 0 Å². The lowest BCUT2D eigenvalue weighted by Gasteiger charge is -2.37. The van der Waals surface area contributed by atoms with Gasteiger partial charge in [-0.3, -0.25) is 14.5 Å². The molecule has 2 fully saturated rings. The quantitative estimate of drug-likeness (QED) is 0.858. The van der Waals surface area contributed by atoms with Crippen molar-refractivity contribution in [3.8, 4) is 0 Å². The number of amides is 2. The number of carbonyl (C=O) groups excluding carboxylic acids is 2. The summed E-state index contributed by atoms with van der Waals surface area (Å²) in [5, 5.41) is 2.98. The van der Waals surface area contributed by atoms with Gasteiger partial charge in [-0.05, 0) is 51.0 Å². The Hall–Kier alpha value is -1.10. The van der Waals surface area contributed by atoms with Crippen LogP contribution in [-0.2, 0) is 9.59 Å². The first-order valence-corrected chi connectivity index (χ1v) is 8.71. The number of carbonyl (C=O) groups is 2. The Kier molecular flexibility index (Phi) is 6.24. The first-order valence-electron chi connectivity index (χ1n) is 8.71. The molecule has 0 aromatic carbocycles. The van der Waals surface area contributed by atoms with Crippen molar-refractivity contribution in [2.45, 2.75) is 64.5 Å². The summed E-state index contributed by atoms with van der Waals surface area (Å²) in [6.07, 6.45) is 6.80. The molecule has 1 aliphatic heterocycles. The standard InChI is InChI=1S/C17H31N3O2/c1-13-6-8-16(9-7-13)19(3)17(22)12-20-10-4-5-15(11-20)18-14(2)21/h13,15-16H,4-12H2,1-3H3,(H,18,21)/t13?,15-,16?/m0/s1. The second-order valence-corrected chi connectivity index (χ2v) is 7.19. The predicted octanol–water partition coefficient (Wildman–Crippen LogP) is 1.62. The van der Waals surface area contributed by atoms with Crippen molar-refractivity contribution in [1.29, 1.82) is 0 Å². The molecule has 2 aliphatic rings. The third-order valence-corrected chi connectivity index (χ3v) is 5.20. The maximum Gasteiger partial charge on any atom is 0.236 e. The second-order valence-electron chi connectivity index (χ2n) is 7.19. The molecule has 0 aromatic rings. The SMILES string of the molecule is CC(=O)N[C@H]1CCCN(CC(=O)N(C)C2CCC(C)CC2)C1. The Balaban J connectivity index is 1.79. The van der Waals surface area contributed by atoms with E-state index >= 15 is 0 Å². The maximum absolute atomic E-state index is 12.5. The van der Waals surface area contributed by atoms with Crippen LogP contribution in [0.3, 0.4) is 0 Å². The van der Waals surface area contributed by atoms with Crippen molar-refractivity contribution in [3.05, 3.63) is 0 Å². The molecular weight excluding hydrogens is 278 g/mol. The Bertz CT molecular complexity index is 391. The molecule has 0 bridgehead atoms. The highest BCUT2D eigenvalue weighted by atomic mass is 16.2. The smallest absolute Gasteiger partial charge is 0.236 e. The number of rotatable bonds is 4. The van der Waals surface area contributed by atoms with Gasteiger partial charge < -0.3 is 10.2 Å². The van der Waals surface area contributed by atoms with Crippen LogP contribution in [0.15, 0.2) is 0 Å². The van der Waals surface area contributed by atoms with Crippen molar-refractivity contribution in [2.75, 3.05) is 26.7 Å². The summed E-state index contributed by atoms with van der Waals surface area (Å²) in [7, 11) is 1.96. The van der Waals surface area contributed by atoms with E-state index in [0.29, 0.717) is 12.6 Å². The molecule has 126 valence electrons. The molecule has 1 saturated heterocycles. The van der Waals surface area contributed by atoms with Crippen LogP contribution in [0.4, 0.5) is 0 Å². The van der Waals surface area contributed by atoms with Crippen molar-refractivity contribution in [1.82, 2.24) is 15.1 Å². The van der Waals surface area contributed by atoms with E-state index in [9.17, 15) is 9.59 Å². The lowest BCUT2D eigenvalue weighted by atomic mass is 9.87. The van der Waals surface area contributed by atoms with Crippen LogP contribution in [-0.4, -0.2) is 60.4 Å². The molecule has 1 aliphatic carbocycles. The minimum atomic E-state index is 0.0200. The van der Waals surface area contributed by atoms with Gasteiger partial charge in [-0.2, -0.15) is 0 Å². The first kappa shape index (κ1) is 17.3. The highest BCUT2D eigenvalue weighted by molar-refractivity contribution is 5.78. The van der Waals surface area contributed by atoms with Crippen LogP contribution in [0.2, 0.25) is 0 Å². The van der Waals surface area contributed by atoms with E-state index in [0.717, 1.165) is 44.7 Å². The number of likely N-dealkylation sites (N-methyl/N-ethyl adjacent to an activating group) is 1. The second kappa shape index (κ2) is 7.95. The fourth-order valence-corrected chi connectivity index (χ4v) is 3.74. The molecule has 0 aromatic heterocycles. The van der Waals surface area contributed by atoms with Crippen LogP contribution in [0.5, 0.6) is 0 Å². The van der Waals surface area contributed by atoms with Gasteiger partial charge in [0.2, 0.25) is 11.8 Å². The minimum absolute atomic E-state index is 0.0200. The molecule has 1 N–H and O–H groups in total. The Morgan fingerprint density at radius 2 is 1.86 bits per heavy atom. The van der Waals surface area contributed by atoms with Crippen molar-refractivity contribution >= 4 is 11.8 Å². The number of piperidine rings is 1. The van der Waals surface area contributed by atoms with Gasteiger partial charge in [0.05, 0.1) is 6.54 Å². The molecule has 1 heterocycles. The van der Waals surface area contributed by atoms with Gasteiger partial charge in [-0.25, -0.2) is 0 Å². The summed E-state index contributed by atoms with van der Waals surface area (Å²) in [6.45, 7) is 6.09. The molecule has 0 radical (unpaired) electrons. The van der Waals surface area contributed by atoms with Gasteiger partial charge in [0.1, 0.15) is 0 Å².